The van der Waals surface area contributed by atoms with Crippen LogP contribution in [0.15, 0.2) is 72.8 Å². The summed E-state index contributed by atoms with van der Waals surface area (Å²) in [5.74, 6) is -0.353. The Morgan fingerprint density at radius 1 is 0.897 bits per heavy atom. The Bertz CT molecular complexity index is 1440. The average Bonchev–Trinajstić information content (AvgIpc) is 3.31. The first-order chi connectivity index (χ1) is 18.3. The molecule has 1 aromatic heterocycles. The number of carbonyl (C=O) groups excluding carboxylic acids is 1. The van der Waals surface area contributed by atoms with Gasteiger partial charge in [0.15, 0.2) is 5.82 Å². The fraction of sp³-hybridized carbons (Fsp3) is 0.222. The van der Waals surface area contributed by atoms with E-state index in [2.05, 4.69) is 15.4 Å². The van der Waals surface area contributed by atoms with Crippen molar-refractivity contribution in [3.63, 3.8) is 0 Å². The van der Waals surface area contributed by atoms with Gasteiger partial charge in [-0.2, -0.15) is 31.3 Å². The van der Waals surface area contributed by atoms with Gasteiger partial charge in [0.25, 0.3) is 5.91 Å². The van der Waals surface area contributed by atoms with E-state index in [0.717, 1.165) is 36.4 Å². The fourth-order valence-corrected chi connectivity index (χ4v) is 3.50. The number of hydrogen-bond acceptors (Lipinski definition) is 4. The summed E-state index contributed by atoms with van der Waals surface area (Å²) in [4.78, 5) is 16.8. The van der Waals surface area contributed by atoms with Crippen molar-refractivity contribution in [1.29, 1.82) is 0 Å². The molecule has 0 fully saturated rings. The maximum Gasteiger partial charge on any atom is 0.416 e. The van der Waals surface area contributed by atoms with Gasteiger partial charge in [0.05, 0.1) is 23.4 Å². The van der Waals surface area contributed by atoms with Crippen molar-refractivity contribution in [2.24, 2.45) is 5.92 Å². The van der Waals surface area contributed by atoms with Crippen molar-refractivity contribution in [1.82, 2.24) is 14.8 Å². The summed E-state index contributed by atoms with van der Waals surface area (Å²) in [5, 5.41) is 6.90. The average molecular weight is 548 g/mol. The van der Waals surface area contributed by atoms with E-state index in [-0.39, 0.29) is 28.9 Å². The Morgan fingerprint density at radius 3 is 2.13 bits per heavy atom. The molecule has 0 bridgehead atoms. The number of rotatable bonds is 7. The van der Waals surface area contributed by atoms with Gasteiger partial charge in [0.1, 0.15) is 0 Å². The summed E-state index contributed by atoms with van der Waals surface area (Å²) in [6.07, 6.45) is -9.07. The van der Waals surface area contributed by atoms with Crippen LogP contribution in [0.25, 0.3) is 17.1 Å². The summed E-state index contributed by atoms with van der Waals surface area (Å²) < 4.78 is 85.1. The van der Waals surface area contributed by atoms with Gasteiger partial charge in [0, 0.05) is 16.8 Å². The number of anilines is 1. The molecule has 0 spiro atoms. The van der Waals surface area contributed by atoms with Crippen molar-refractivity contribution in [3.05, 3.63) is 89.5 Å². The number of nitrogens with one attached hydrogen (secondary N) is 1. The van der Waals surface area contributed by atoms with Gasteiger partial charge in [-0.25, -0.2) is 4.68 Å². The summed E-state index contributed by atoms with van der Waals surface area (Å²) in [6.45, 7) is 4.13. The van der Waals surface area contributed by atoms with Gasteiger partial charge in [-0.15, -0.1) is 5.10 Å². The number of aromatic nitrogens is 3. The monoisotopic (exact) mass is 548 g/mol. The van der Waals surface area contributed by atoms with E-state index in [1.807, 2.05) is 13.8 Å². The maximum atomic E-state index is 13.3. The van der Waals surface area contributed by atoms with Crippen LogP contribution in [-0.4, -0.2) is 27.3 Å². The zero-order valence-corrected chi connectivity index (χ0v) is 20.6. The first-order valence-electron chi connectivity index (χ1n) is 11.7. The molecule has 1 amide bonds. The maximum absolute atomic E-state index is 13.3. The van der Waals surface area contributed by atoms with Gasteiger partial charge < -0.3 is 10.1 Å². The second-order valence-corrected chi connectivity index (χ2v) is 8.99. The summed E-state index contributed by atoms with van der Waals surface area (Å²) in [7, 11) is 0. The number of ether oxygens (including phenoxy) is 1. The van der Waals surface area contributed by atoms with Crippen LogP contribution in [0.5, 0.6) is 6.01 Å². The molecular formula is C27H22F6N4O2. The van der Waals surface area contributed by atoms with Crippen LogP contribution in [0.2, 0.25) is 0 Å². The molecule has 204 valence electrons. The highest BCUT2D eigenvalue weighted by atomic mass is 19.4. The second-order valence-electron chi connectivity index (χ2n) is 8.99. The molecule has 0 aliphatic heterocycles. The van der Waals surface area contributed by atoms with Crippen molar-refractivity contribution >= 4 is 11.6 Å². The van der Waals surface area contributed by atoms with Crippen molar-refractivity contribution < 1.29 is 35.9 Å². The Balaban J connectivity index is 1.60. The van der Waals surface area contributed by atoms with Crippen LogP contribution < -0.4 is 10.1 Å². The molecule has 0 saturated heterocycles. The summed E-state index contributed by atoms with van der Waals surface area (Å²) in [6, 6.07) is 14.6. The molecule has 4 rings (SSSR count). The predicted molar refractivity (Wildman–Crippen MR) is 132 cm³/mol. The van der Waals surface area contributed by atoms with E-state index in [4.69, 9.17) is 4.74 Å². The third-order valence-electron chi connectivity index (χ3n) is 5.43. The van der Waals surface area contributed by atoms with Crippen molar-refractivity contribution in [2.75, 3.05) is 11.9 Å². The van der Waals surface area contributed by atoms with E-state index in [9.17, 15) is 31.1 Å². The highest BCUT2D eigenvalue weighted by Crippen LogP contribution is 2.33. The van der Waals surface area contributed by atoms with Crippen LogP contribution in [0.3, 0.4) is 0 Å². The lowest BCUT2D eigenvalue weighted by Gasteiger charge is -2.11. The number of nitrogens with zero attached hydrogens (tertiary/aromatic N) is 3. The third-order valence-corrected chi connectivity index (χ3v) is 5.43. The van der Waals surface area contributed by atoms with Gasteiger partial charge in [-0.3, -0.25) is 4.79 Å². The molecule has 0 saturated carbocycles. The summed E-state index contributed by atoms with van der Waals surface area (Å²) in [5.41, 5.74) is -0.772. The van der Waals surface area contributed by atoms with Crippen LogP contribution in [0.1, 0.15) is 35.3 Å². The number of halogens is 6. The molecule has 0 aliphatic rings. The minimum atomic E-state index is -4.55. The van der Waals surface area contributed by atoms with Crippen molar-refractivity contribution in [2.45, 2.75) is 26.2 Å². The van der Waals surface area contributed by atoms with Gasteiger partial charge in [-0.05, 0) is 66.6 Å². The van der Waals surface area contributed by atoms with Crippen molar-refractivity contribution in [3.8, 4) is 23.1 Å². The third kappa shape index (κ3) is 6.75. The van der Waals surface area contributed by atoms with Crippen LogP contribution in [0, 0.1) is 5.92 Å². The molecule has 1 heterocycles. The minimum absolute atomic E-state index is 0.0178. The molecule has 3 aromatic carbocycles. The number of amides is 1. The second kappa shape index (κ2) is 10.8. The van der Waals surface area contributed by atoms with E-state index in [0.29, 0.717) is 18.0 Å². The first-order valence-corrected chi connectivity index (χ1v) is 11.7. The van der Waals surface area contributed by atoms with Crippen LogP contribution >= 0.6 is 0 Å². The molecule has 4 aromatic rings. The van der Waals surface area contributed by atoms with E-state index < -0.39 is 29.4 Å². The molecule has 0 unspecified atom stereocenters. The molecule has 39 heavy (non-hydrogen) atoms. The van der Waals surface area contributed by atoms with Gasteiger partial charge in [-0.1, -0.05) is 26.0 Å². The quantitative estimate of drug-likeness (QED) is 0.247. The van der Waals surface area contributed by atoms with E-state index in [1.165, 1.54) is 28.9 Å². The zero-order chi connectivity index (χ0) is 28.4. The molecular weight excluding hydrogens is 526 g/mol. The molecule has 0 atom stereocenters. The standard InChI is InChI=1S/C27H22F6N4O2/c1-16(2)15-39-25-35-23(18-4-3-5-20(14-18)27(31,32)33)37(36-25)22-12-10-21(11-13-22)34-24(38)17-6-8-19(9-7-17)26(28,29)30/h3-14,16H,15H2,1-2H3,(H,34,38). The molecule has 0 radical (unpaired) electrons. The normalized spacial score (nSPS) is 12.0. The highest BCUT2D eigenvalue weighted by molar-refractivity contribution is 6.04. The fourth-order valence-electron chi connectivity index (χ4n) is 3.50. The number of alkyl halides is 6. The first kappa shape index (κ1) is 27.7. The highest BCUT2D eigenvalue weighted by Gasteiger charge is 2.31. The molecule has 6 nitrogen and oxygen atoms in total. The lowest BCUT2D eigenvalue weighted by atomic mass is 10.1. The largest absolute Gasteiger partial charge is 0.462 e. The summed E-state index contributed by atoms with van der Waals surface area (Å²) >= 11 is 0. The number of hydrogen-bond donors (Lipinski definition) is 1. The topological polar surface area (TPSA) is 69.0 Å². The van der Waals surface area contributed by atoms with Crippen LogP contribution in [-0.2, 0) is 12.4 Å². The Labute approximate surface area is 219 Å². The Kier molecular flexibility index (Phi) is 7.66. The Hall–Kier alpha value is -4.35. The minimum Gasteiger partial charge on any atom is -0.462 e. The predicted octanol–water partition coefficient (Wildman–Crippen LogP) is 7.26. The molecule has 0 aliphatic carbocycles. The van der Waals surface area contributed by atoms with Gasteiger partial charge in [0.2, 0.25) is 0 Å². The van der Waals surface area contributed by atoms with E-state index >= 15 is 0 Å². The SMILES string of the molecule is CC(C)COc1nc(-c2cccc(C(F)(F)F)c2)n(-c2ccc(NC(=O)c3ccc(C(F)(F)F)cc3)cc2)n1. The Morgan fingerprint density at radius 2 is 1.54 bits per heavy atom. The lowest BCUT2D eigenvalue weighted by molar-refractivity contribution is -0.138. The number of benzene rings is 3. The van der Waals surface area contributed by atoms with E-state index in [1.54, 1.807) is 12.1 Å². The lowest BCUT2D eigenvalue weighted by Crippen LogP contribution is -2.13. The van der Waals surface area contributed by atoms with Crippen LogP contribution in [0.4, 0.5) is 32.0 Å². The molecule has 12 heteroatoms. The van der Waals surface area contributed by atoms with Gasteiger partial charge >= 0.3 is 18.4 Å². The number of carbonyl (C=O) groups is 1. The zero-order valence-electron chi connectivity index (χ0n) is 20.6. The molecule has 1 N–H and O–H groups in total. The smallest absolute Gasteiger partial charge is 0.416 e.